The Bertz CT molecular complexity index is 1390. The highest BCUT2D eigenvalue weighted by atomic mass is 32.2. The van der Waals surface area contributed by atoms with Gasteiger partial charge < -0.3 is 5.32 Å². The predicted molar refractivity (Wildman–Crippen MR) is 125 cm³/mol. The average molecular weight is 467 g/mol. The second-order valence-electron chi connectivity index (χ2n) is 7.29. The number of amides is 1. The van der Waals surface area contributed by atoms with E-state index < -0.39 is 21.6 Å². The summed E-state index contributed by atoms with van der Waals surface area (Å²) in [7, 11) is -3.53. The summed E-state index contributed by atoms with van der Waals surface area (Å²) < 4.78 is 38.3. The zero-order chi connectivity index (χ0) is 22.9. The number of thiazole rings is 1. The quantitative estimate of drug-likeness (QED) is 0.417. The van der Waals surface area contributed by atoms with Crippen LogP contribution in [0.3, 0.4) is 0 Å². The Morgan fingerprint density at radius 3 is 2.28 bits per heavy atom. The number of anilines is 1. The summed E-state index contributed by atoms with van der Waals surface area (Å²) in [5, 5.41) is 2.98. The van der Waals surface area contributed by atoms with Crippen LogP contribution < -0.4 is 5.32 Å². The van der Waals surface area contributed by atoms with Crippen molar-refractivity contribution in [1.29, 1.82) is 0 Å². The number of carbonyl (C=O) groups is 1. The van der Waals surface area contributed by atoms with Crippen molar-refractivity contribution in [3.63, 3.8) is 0 Å². The number of hydrogen-bond acceptors (Lipinski definition) is 5. The summed E-state index contributed by atoms with van der Waals surface area (Å²) in [6.07, 6.45) is 1.13. The molecule has 1 heterocycles. The highest BCUT2D eigenvalue weighted by Gasteiger charge is 2.23. The van der Waals surface area contributed by atoms with Gasteiger partial charge in [0.1, 0.15) is 5.82 Å². The first-order chi connectivity index (χ1) is 15.2. The Balaban J connectivity index is 1.84. The van der Waals surface area contributed by atoms with Gasteiger partial charge in [-0.2, -0.15) is 0 Å². The van der Waals surface area contributed by atoms with Crippen LogP contribution in [0.15, 0.2) is 77.7 Å². The molecule has 0 fully saturated rings. The van der Waals surface area contributed by atoms with Gasteiger partial charge >= 0.3 is 0 Å². The molecule has 32 heavy (non-hydrogen) atoms. The largest absolute Gasteiger partial charge is 0.320 e. The smallest absolute Gasteiger partial charge is 0.284 e. The summed E-state index contributed by atoms with van der Waals surface area (Å²) >= 11 is 1.09. The maximum atomic E-state index is 13.5. The molecule has 0 aliphatic rings. The monoisotopic (exact) mass is 466 g/mol. The molecule has 1 aromatic heterocycles. The molecule has 4 rings (SSSR count). The Morgan fingerprint density at radius 2 is 1.62 bits per heavy atom. The maximum Gasteiger partial charge on any atom is 0.284 e. The molecule has 0 aliphatic carbocycles. The Hall–Kier alpha value is -3.36. The third kappa shape index (κ3) is 4.61. The Kier molecular flexibility index (Phi) is 5.90. The molecule has 0 spiro atoms. The standard InChI is InChI=1S/C24H19FN2O3S2/c1-15-7-13-18(14-8-15)26-23(28)24-27-21(16-9-11-17(25)12-10-16)22(31-24)19-5-3-4-6-20(19)32(2,29)30/h3-14H,1-2H3,(H,26,28). The Labute approximate surface area is 189 Å². The van der Waals surface area contributed by atoms with Crippen molar-refractivity contribution in [1.82, 2.24) is 4.98 Å². The number of benzene rings is 3. The molecule has 5 nitrogen and oxygen atoms in total. The first-order valence-corrected chi connectivity index (χ1v) is 12.4. The predicted octanol–water partition coefficient (Wildman–Crippen LogP) is 5.58. The molecule has 162 valence electrons. The van der Waals surface area contributed by atoms with Crippen LogP contribution in [0.25, 0.3) is 21.7 Å². The van der Waals surface area contributed by atoms with E-state index in [-0.39, 0.29) is 9.90 Å². The number of aromatic nitrogens is 1. The maximum absolute atomic E-state index is 13.5. The number of sulfone groups is 1. The number of hydrogen-bond donors (Lipinski definition) is 1. The van der Waals surface area contributed by atoms with Crippen LogP contribution in [0.2, 0.25) is 0 Å². The van der Waals surface area contributed by atoms with Crippen molar-refractivity contribution < 1.29 is 17.6 Å². The molecule has 0 radical (unpaired) electrons. The van der Waals surface area contributed by atoms with Crippen molar-refractivity contribution in [3.05, 3.63) is 89.2 Å². The van der Waals surface area contributed by atoms with Crippen molar-refractivity contribution in [2.24, 2.45) is 0 Å². The third-order valence-corrected chi connectivity index (χ3v) is 7.02. The summed E-state index contributed by atoms with van der Waals surface area (Å²) in [6.45, 7) is 1.95. The minimum atomic E-state index is -3.53. The molecule has 1 N–H and O–H groups in total. The minimum Gasteiger partial charge on any atom is -0.320 e. The summed E-state index contributed by atoms with van der Waals surface area (Å²) in [5.74, 6) is -0.815. The van der Waals surface area contributed by atoms with E-state index in [0.717, 1.165) is 23.2 Å². The van der Waals surface area contributed by atoms with Gasteiger partial charge in [0, 0.05) is 23.1 Å². The lowest BCUT2D eigenvalue weighted by Gasteiger charge is -2.08. The van der Waals surface area contributed by atoms with Gasteiger partial charge in [-0.15, -0.1) is 11.3 Å². The van der Waals surface area contributed by atoms with Crippen LogP contribution in [-0.2, 0) is 9.84 Å². The molecule has 0 aliphatic heterocycles. The molecule has 1 amide bonds. The van der Waals surface area contributed by atoms with Crippen LogP contribution >= 0.6 is 11.3 Å². The number of carbonyl (C=O) groups excluding carboxylic acids is 1. The first kappa shape index (κ1) is 21.9. The van der Waals surface area contributed by atoms with Gasteiger partial charge in [0.2, 0.25) is 0 Å². The molecule has 0 saturated carbocycles. The highest BCUT2D eigenvalue weighted by Crippen LogP contribution is 2.40. The lowest BCUT2D eigenvalue weighted by molar-refractivity contribution is 0.102. The van der Waals surface area contributed by atoms with Gasteiger partial charge in [-0.05, 0) is 49.4 Å². The fraction of sp³-hybridized carbons (Fsp3) is 0.0833. The summed E-state index contributed by atoms with van der Waals surface area (Å²) in [5.41, 5.74) is 3.13. The second kappa shape index (κ2) is 8.64. The average Bonchev–Trinajstić information content (AvgIpc) is 3.21. The number of rotatable bonds is 5. The molecule has 0 atom stereocenters. The lowest BCUT2D eigenvalue weighted by atomic mass is 10.1. The number of nitrogens with zero attached hydrogens (tertiary/aromatic N) is 1. The Morgan fingerprint density at radius 1 is 0.969 bits per heavy atom. The topological polar surface area (TPSA) is 76.1 Å². The van der Waals surface area contributed by atoms with E-state index in [1.165, 1.54) is 18.2 Å². The number of aryl methyl sites for hydroxylation is 1. The molecule has 0 unspecified atom stereocenters. The van der Waals surface area contributed by atoms with Crippen LogP contribution in [0.5, 0.6) is 0 Å². The number of halogens is 1. The van der Waals surface area contributed by atoms with Gasteiger partial charge in [-0.1, -0.05) is 35.9 Å². The first-order valence-electron chi connectivity index (χ1n) is 9.66. The van der Waals surface area contributed by atoms with Crippen molar-refractivity contribution in [2.75, 3.05) is 11.6 Å². The fourth-order valence-electron chi connectivity index (χ4n) is 3.20. The van der Waals surface area contributed by atoms with Crippen LogP contribution in [0, 0.1) is 12.7 Å². The second-order valence-corrected chi connectivity index (χ2v) is 10.3. The van der Waals surface area contributed by atoms with E-state index in [1.807, 2.05) is 19.1 Å². The van der Waals surface area contributed by atoms with Crippen LogP contribution in [-0.4, -0.2) is 25.6 Å². The lowest BCUT2D eigenvalue weighted by Crippen LogP contribution is -2.11. The van der Waals surface area contributed by atoms with E-state index >= 15 is 0 Å². The van der Waals surface area contributed by atoms with Crippen molar-refractivity contribution in [2.45, 2.75) is 11.8 Å². The van der Waals surface area contributed by atoms with E-state index in [9.17, 15) is 17.6 Å². The molecule has 8 heteroatoms. The van der Waals surface area contributed by atoms with E-state index in [4.69, 9.17) is 0 Å². The van der Waals surface area contributed by atoms with Gasteiger partial charge in [0.25, 0.3) is 5.91 Å². The summed E-state index contributed by atoms with van der Waals surface area (Å²) in [4.78, 5) is 18.1. The van der Waals surface area contributed by atoms with Crippen molar-refractivity contribution >= 4 is 32.8 Å². The van der Waals surface area contributed by atoms with Crippen LogP contribution in [0.4, 0.5) is 10.1 Å². The number of nitrogens with one attached hydrogen (secondary N) is 1. The van der Waals surface area contributed by atoms with Gasteiger partial charge in [-0.25, -0.2) is 17.8 Å². The zero-order valence-corrected chi connectivity index (χ0v) is 18.9. The van der Waals surface area contributed by atoms with Crippen LogP contribution in [0.1, 0.15) is 15.4 Å². The van der Waals surface area contributed by atoms with Gasteiger partial charge in [-0.3, -0.25) is 4.79 Å². The molecule has 3 aromatic carbocycles. The molecular formula is C24H19FN2O3S2. The SMILES string of the molecule is Cc1ccc(NC(=O)c2nc(-c3ccc(F)cc3)c(-c3ccccc3S(C)(=O)=O)s2)cc1. The van der Waals surface area contributed by atoms with Crippen molar-refractivity contribution in [3.8, 4) is 21.7 Å². The normalized spacial score (nSPS) is 11.3. The van der Waals surface area contributed by atoms with E-state index in [0.29, 0.717) is 27.4 Å². The fourth-order valence-corrected chi connectivity index (χ4v) is 5.18. The van der Waals surface area contributed by atoms with Gasteiger partial charge in [0.15, 0.2) is 14.8 Å². The van der Waals surface area contributed by atoms with E-state index in [2.05, 4.69) is 10.3 Å². The summed E-state index contributed by atoms with van der Waals surface area (Å²) in [6, 6.07) is 19.6. The molecular weight excluding hydrogens is 447 g/mol. The third-order valence-electron chi connectivity index (χ3n) is 4.78. The minimum absolute atomic E-state index is 0.137. The van der Waals surface area contributed by atoms with E-state index in [1.54, 1.807) is 42.5 Å². The molecule has 4 aromatic rings. The molecule has 0 bridgehead atoms. The molecule has 0 saturated heterocycles. The van der Waals surface area contributed by atoms with Gasteiger partial charge in [0.05, 0.1) is 15.5 Å². The zero-order valence-electron chi connectivity index (χ0n) is 17.3. The highest BCUT2D eigenvalue weighted by molar-refractivity contribution is 7.90.